The third kappa shape index (κ3) is 13.7. The minimum absolute atomic E-state index is 0.0683. The summed E-state index contributed by atoms with van der Waals surface area (Å²) in [5.74, 6) is -0.188. The second-order valence-electron chi connectivity index (χ2n) is 5.76. The molecule has 0 aliphatic carbocycles. The fraction of sp³-hybridized carbons (Fsp3) is 0.667. The number of unbranched alkanes of at least 4 members (excludes halogenated alkanes) is 3. The Kier molecular flexibility index (Phi) is 13.0. The molecule has 0 atom stereocenters. The van der Waals surface area contributed by atoms with E-state index in [1.165, 1.54) is 19.3 Å². The van der Waals surface area contributed by atoms with Gasteiger partial charge in [0.1, 0.15) is 6.61 Å². The number of hydrogen-bond donors (Lipinski definition) is 0. The number of rotatable bonds is 14. The van der Waals surface area contributed by atoms with Crippen molar-refractivity contribution in [1.82, 2.24) is 0 Å². The highest BCUT2D eigenvalue weighted by Gasteiger charge is 2.08. The largest absolute Gasteiger partial charge is 0.462 e. The Morgan fingerprint density at radius 1 is 1.00 bits per heavy atom. The molecule has 0 bridgehead atoms. The number of esters is 2. The average Bonchev–Trinajstić information content (AvgIpc) is 2.52. The molecule has 0 aromatic rings. The van der Waals surface area contributed by atoms with E-state index in [-0.39, 0.29) is 25.4 Å². The van der Waals surface area contributed by atoms with E-state index in [9.17, 15) is 9.59 Å². The average molecular weight is 326 g/mol. The first-order chi connectivity index (χ1) is 11.0. The highest BCUT2D eigenvalue weighted by Crippen LogP contribution is 2.09. The third-order valence-electron chi connectivity index (χ3n) is 3.11. The number of ether oxygens (including phenoxy) is 3. The summed E-state index contributed by atoms with van der Waals surface area (Å²) in [7, 11) is 0. The molecule has 0 saturated heterocycles. The van der Waals surface area contributed by atoms with Crippen LogP contribution in [0.1, 0.15) is 46.0 Å². The van der Waals surface area contributed by atoms with Crippen LogP contribution in [-0.4, -0.2) is 38.4 Å². The van der Waals surface area contributed by atoms with Gasteiger partial charge in [0.05, 0.1) is 25.4 Å². The molecule has 0 saturated carbocycles. The standard InChI is InChI=1S/C18H30O5/c1-5-17(19)22-13-12-21-14-16(4)18(20)23-11-9-7-6-8-10-15(2)3/h5,15H,1,4,6-14H2,2-3H3. The van der Waals surface area contributed by atoms with Crippen LogP contribution in [0.5, 0.6) is 0 Å². The van der Waals surface area contributed by atoms with E-state index in [4.69, 9.17) is 14.2 Å². The first kappa shape index (κ1) is 21.4. The van der Waals surface area contributed by atoms with Gasteiger partial charge in [0, 0.05) is 6.08 Å². The first-order valence-corrected chi connectivity index (χ1v) is 8.19. The Morgan fingerprint density at radius 3 is 2.35 bits per heavy atom. The molecule has 0 heterocycles. The second-order valence-corrected chi connectivity index (χ2v) is 5.76. The van der Waals surface area contributed by atoms with Gasteiger partial charge in [-0.05, 0) is 12.3 Å². The Hall–Kier alpha value is -1.62. The predicted octanol–water partition coefficient (Wildman–Crippen LogP) is 3.44. The summed E-state index contributed by atoms with van der Waals surface area (Å²) in [6.45, 7) is 12.1. The summed E-state index contributed by atoms with van der Waals surface area (Å²) in [5.41, 5.74) is 0.264. The maximum absolute atomic E-state index is 11.6. The molecule has 0 rings (SSSR count). The van der Waals surface area contributed by atoms with E-state index < -0.39 is 11.9 Å². The molecule has 0 aromatic heterocycles. The van der Waals surface area contributed by atoms with Gasteiger partial charge >= 0.3 is 11.9 Å². The van der Waals surface area contributed by atoms with Crippen LogP contribution in [0, 0.1) is 5.92 Å². The Labute approximate surface area is 139 Å². The van der Waals surface area contributed by atoms with Crippen molar-refractivity contribution in [3.63, 3.8) is 0 Å². The van der Waals surface area contributed by atoms with Crippen molar-refractivity contribution in [1.29, 1.82) is 0 Å². The molecule has 0 N–H and O–H groups in total. The molecule has 0 aromatic carbocycles. The SMILES string of the molecule is C=CC(=O)OCCOCC(=C)C(=O)OCCCCCCC(C)C. The van der Waals surface area contributed by atoms with Crippen LogP contribution in [0.3, 0.4) is 0 Å². The van der Waals surface area contributed by atoms with Gasteiger partial charge in [-0.15, -0.1) is 0 Å². The van der Waals surface area contributed by atoms with Crippen LogP contribution in [0.15, 0.2) is 24.8 Å². The van der Waals surface area contributed by atoms with Crippen LogP contribution in [0.4, 0.5) is 0 Å². The number of carbonyl (C=O) groups excluding carboxylic acids is 2. The lowest BCUT2D eigenvalue weighted by atomic mass is 10.0. The molecule has 0 fully saturated rings. The van der Waals surface area contributed by atoms with Crippen LogP contribution >= 0.6 is 0 Å². The fourth-order valence-corrected chi connectivity index (χ4v) is 1.79. The Balaban J connectivity index is 3.50. The van der Waals surface area contributed by atoms with Gasteiger partial charge in [-0.25, -0.2) is 9.59 Å². The molecule has 5 nitrogen and oxygen atoms in total. The number of carbonyl (C=O) groups is 2. The highest BCUT2D eigenvalue weighted by atomic mass is 16.6. The van der Waals surface area contributed by atoms with Gasteiger partial charge in [0.15, 0.2) is 0 Å². The van der Waals surface area contributed by atoms with Gasteiger partial charge in [0.25, 0.3) is 0 Å². The van der Waals surface area contributed by atoms with Crippen LogP contribution in [0.25, 0.3) is 0 Å². The van der Waals surface area contributed by atoms with Crippen molar-refractivity contribution >= 4 is 11.9 Å². The summed E-state index contributed by atoms with van der Waals surface area (Å²) in [5, 5.41) is 0. The maximum atomic E-state index is 11.6. The third-order valence-corrected chi connectivity index (χ3v) is 3.11. The topological polar surface area (TPSA) is 61.8 Å². The molecule has 0 unspecified atom stereocenters. The zero-order valence-electron chi connectivity index (χ0n) is 14.5. The molecule has 5 heteroatoms. The lowest BCUT2D eigenvalue weighted by Gasteiger charge is -2.08. The smallest absolute Gasteiger partial charge is 0.335 e. The molecule has 0 amide bonds. The van der Waals surface area contributed by atoms with Crippen molar-refractivity contribution in [3.05, 3.63) is 24.8 Å². The van der Waals surface area contributed by atoms with Gasteiger partial charge in [-0.1, -0.05) is 52.7 Å². The fourth-order valence-electron chi connectivity index (χ4n) is 1.79. The van der Waals surface area contributed by atoms with E-state index in [1.54, 1.807) is 0 Å². The van der Waals surface area contributed by atoms with Crippen molar-refractivity contribution in [2.45, 2.75) is 46.0 Å². The molecule has 23 heavy (non-hydrogen) atoms. The Bertz CT molecular complexity index is 374. The van der Waals surface area contributed by atoms with Gasteiger partial charge in [-0.2, -0.15) is 0 Å². The van der Waals surface area contributed by atoms with E-state index >= 15 is 0 Å². The van der Waals surface area contributed by atoms with E-state index in [2.05, 4.69) is 27.0 Å². The summed E-state index contributed by atoms with van der Waals surface area (Å²) in [4.78, 5) is 22.4. The molecular weight excluding hydrogens is 296 g/mol. The van der Waals surface area contributed by atoms with Crippen molar-refractivity contribution in [3.8, 4) is 0 Å². The monoisotopic (exact) mass is 326 g/mol. The summed E-state index contributed by atoms with van der Waals surface area (Å²) in [6.07, 6.45) is 6.66. The van der Waals surface area contributed by atoms with E-state index in [1.807, 2.05) is 0 Å². The van der Waals surface area contributed by atoms with Crippen molar-refractivity contribution in [2.75, 3.05) is 26.4 Å². The van der Waals surface area contributed by atoms with Crippen LogP contribution in [0.2, 0.25) is 0 Å². The van der Waals surface area contributed by atoms with E-state index in [0.29, 0.717) is 6.61 Å². The molecule has 0 radical (unpaired) electrons. The minimum atomic E-state index is -0.500. The zero-order chi connectivity index (χ0) is 17.5. The van der Waals surface area contributed by atoms with E-state index in [0.717, 1.165) is 24.8 Å². The maximum Gasteiger partial charge on any atom is 0.335 e. The van der Waals surface area contributed by atoms with Gasteiger partial charge in [0.2, 0.25) is 0 Å². The summed E-state index contributed by atoms with van der Waals surface area (Å²) in [6, 6.07) is 0. The Morgan fingerprint density at radius 2 is 1.70 bits per heavy atom. The molecule has 0 aliphatic rings. The van der Waals surface area contributed by atoms with Gasteiger partial charge in [-0.3, -0.25) is 0 Å². The normalized spacial score (nSPS) is 10.4. The molecule has 0 aliphatic heterocycles. The molecule has 132 valence electrons. The summed E-state index contributed by atoms with van der Waals surface area (Å²) >= 11 is 0. The van der Waals surface area contributed by atoms with Crippen LogP contribution < -0.4 is 0 Å². The quantitative estimate of drug-likeness (QED) is 0.278. The number of hydrogen-bond acceptors (Lipinski definition) is 5. The lowest BCUT2D eigenvalue weighted by molar-refractivity contribution is -0.141. The zero-order valence-corrected chi connectivity index (χ0v) is 14.5. The molecule has 0 spiro atoms. The van der Waals surface area contributed by atoms with Crippen molar-refractivity contribution < 1.29 is 23.8 Å². The lowest BCUT2D eigenvalue weighted by Crippen LogP contribution is -2.15. The second kappa shape index (κ2) is 14.0. The van der Waals surface area contributed by atoms with Crippen molar-refractivity contribution in [2.24, 2.45) is 5.92 Å². The highest BCUT2D eigenvalue weighted by molar-refractivity contribution is 5.87. The predicted molar refractivity (Wildman–Crippen MR) is 90.0 cm³/mol. The first-order valence-electron chi connectivity index (χ1n) is 8.19. The summed E-state index contributed by atoms with van der Waals surface area (Å²) < 4.78 is 15.0. The van der Waals surface area contributed by atoms with Gasteiger partial charge < -0.3 is 14.2 Å². The van der Waals surface area contributed by atoms with Crippen LogP contribution in [-0.2, 0) is 23.8 Å². The molecular formula is C18H30O5. The minimum Gasteiger partial charge on any atom is -0.462 e.